The van der Waals surface area contributed by atoms with Crippen molar-refractivity contribution < 1.29 is 9.59 Å². The Morgan fingerprint density at radius 1 is 1.06 bits per heavy atom. The van der Waals surface area contributed by atoms with E-state index in [9.17, 15) is 14.4 Å². The first-order valence-corrected chi connectivity index (χ1v) is 10.9. The molecule has 0 N–H and O–H groups in total. The van der Waals surface area contributed by atoms with E-state index in [0.29, 0.717) is 55.5 Å². The van der Waals surface area contributed by atoms with Crippen molar-refractivity contribution in [1.29, 1.82) is 5.26 Å². The van der Waals surface area contributed by atoms with E-state index in [1.54, 1.807) is 19.1 Å². The van der Waals surface area contributed by atoms with Gasteiger partial charge in [0, 0.05) is 45.2 Å². The van der Waals surface area contributed by atoms with E-state index in [4.69, 9.17) is 5.26 Å². The van der Waals surface area contributed by atoms with Gasteiger partial charge in [0.25, 0.3) is 5.56 Å². The first-order valence-electron chi connectivity index (χ1n) is 10.9. The summed E-state index contributed by atoms with van der Waals surface area (Å²) in [7, 11) is 0. The standard InChI is InChI=1S/C25H25N5O3/c1-18(31)28-10-12-29(13-11-28)21-7-9-24-23(14-21)25(33)30(17-27-24)16-22(32)8-6-19-2-4-20(15-26)5-3-19/h2-5,7,9,14,17H,6,8,10-13,16H2,1H3. The van der Waals surface area contributed by atoms with E-state index in [1.807, 2.05) is 35.2 Å². The number of piperazine rings is 1. The van der Waals surface area contributed by atoms with Crippen LogP contribution in [0.15, 0.2) is 53.6 Å². The van der Waals surface area contributed by atoms with Crippen LogP contribution in [0, 0.1) is 11.3 Å². The van der Waals surface area contributed by atoms with E-state index >= 15 is 0 Å². The molecule has 8 nitrogen and oxygen atoms in total. The van der Waals surface area contributed by atoms with Gasteiger partial charge in [0.1, 0.15) is 0 Å². The van der Waals surface area contributed by atoms with Crippen LogP contribution < -0.4 is 10.5 Å². The Bertz CT molecular complexity index is 1280. The van der Waals surface area contributed by atoms with Crippen LogP contribution in [0.5, 0.6) is 0 Å². The molecule has 4 rings (SSSR count). The zero-order chi connectivity index (χ0) is 23.4. The number of carbonyl (C=O) groups is 2. The fraction of sp³-hybridized carbons (Fsp3) is 0.320. The molecule has 8 heteroatoms. The Morgan fingerprint density at radius 2 is 1.79 bits per heavy atom. The molecule has 1 aliphatic heterocycles. The zero-order valence-electron chi connectivity index (χ0n) is 18.5. The normalized spacial score (nSPS) is 13.7. The zero-order valence-corrected chi connectivity index (χ0v) is 18.5. The predicted octanol–water partition coefficient (Wildman–Crippen LogP) is 2.14. The van der Waals surface area contributed by atoms with Crippen molar-refractivity contribution >= 4 is 28.3 Å². The van der Waals surface area contributed by atoms with Crippen LogP contribution in [0.4, 0.5) is 5.69 Å². The molecule has 0 atom stereocenters. The second kappa shape index (κ2) is 9.65. The Morgan fingerprint density at radius 3 is 2.45 bits per heavy atom. The van der Waals surface area contributed by atoms with Crippen LogP contribution in [0.25, 0.3) is 10.9 Å². The minimum absolute atomic E-state index is 0.0282. The molecule has 0 saturated carbocycles. The van der Waals surface area contributed by atoms with Crippen molar-refractivity contribution in [2.24, 2.45) is 0 Å². The summed E-state index contributed by atoms with van der Waals surface area (Å²) in [5.41, 5.74) is 2.82. The van der Waals surface area contributed by atoms with E-state index < -0.39 is 0 Å². The van der Waals surface area contributed by atoms with Crippen LogP contribution in [0.3, 0.4) is 0 Å². The number of fused-ring (bicyclic) bond motifs is 1. The average molecular weight is 444 g/mol. The van der Waals surface area contributed by atoms with Crippen molar-refractivity contribution in [1.82, 2.24) is 14.5 Å². The maximum atomic E-state index is 13.1. The summed E-state index contributed by atoms with van der Waals surface area (Å²) in [6.45, 7) is 4.25. The van der Waals surface area contributed by atoms with Gasteiger partial charge in [-0.3, -0.25) is 19.0 Å². The number of aromatic nitrogens is 2. The van der Waals surface area contributed by atoms with Gasteiger partial charge in [0.2, 0.25) is 5.91 Å². The lowest BCUT2D eigenvalue weighted by atomic mass is 10.1. The second-order valence-corrected chi connectivity index (χ2v) is 8.22. The number of nitriles is 1. The van der Waals surface area contributed by atoms with Crippen LogP contribution in [-0.2, 0) is 22.6 Å². The molecular weight excluding hydrogens is 418 g/mol. The van der Waals surface area contributed by atoms with Crippen molar-refractivity contribution in [3.8, 4) is 6.07 Å². The lowest BCUT2D eigenvalue weighted by Crippen LogP contribution is -2.48. The van der Waals surface area contributed by atoms with Crippen molar-refractivity contribution in [3.05, 3.63) is 70.3 Å². The van der Waals surface area contributed by atoms with Crippen molar-refractivity contribution in [3.63, 3.8) is 0 Å². The Balaban J connectivity index is 1.45. The second-order valence-electron chi connectivity index (χ2n) is 8.22. The molecule has 0 bridgehead atoms. The molecule has 0 aliphatic carbocycles. The molecule has 0 radical (unpaired) electrons. The third kappa shape index (κ3) is 5.09. The summed E-state index contributed by atoms with van der Waals surface area (Å²) in [5, 5.41) is 9.35. The summed E-state index contributed by atoms with van der Waals surface area (Å²) in [4.78, 5) is 45.5. The van der Waals surface area contributed by atoms with Gasteiger partial charge < -0.3 is 9.80 Å². The number of amides is 1. The molecular formula is C25H25N5O3. The average Bonchev–Trinajstić information content (AvgIpc) is 2.84. The highest BCUT2D eigenvalue weighted by molar-refractivity contribution is 5.83. The van der Waals surface area contributed by atoms with Gasteiger partial charge in [-0.15, -0.1) is 0 Å². The highest BCUT2D eigenvalue weighted by Gasteiger charge is 2.19. The van der Waals surface area contributed by atoms with Crippen molar-refractivity contribution in [2.75, 3.05) is 31.1 Å². The Kier molecular flexibility index (Phi) is 6.50. The number of benzene rings is 2. The van der Waals surface area contributed by atoms with E-state index in [0.717, 1.165) is 11.3 Å². The number of carbonyl (C=O) groups excluding carboxylic acids is 2. The lowest BCUT2D eigenvalue weighted by molar-refractivity contribution is -0.129. The number of hydrogen-bond acceptors (Lipinski definition) is 6. The fourth-order valence-corrected chi connectivity index (χ4v) is 4.03. The number of aryl methyl sites for hydroxylation is 1. The summed E-state index contributed by atoms with van der Waals surface area (Å²) in [6, 6.07) is 14.8. The molecule has 1 aromatic heterocycles. The third-order valence-electron chi connectivity index (χ3n) is 6.02. The highest BCUT2D eigenvalue weighted by Crippen LogP contribution is 2.20. The molecule has 1 fully saturated rings. The first-order chi connectivity index (χ1) is 15.9. The molecule has 0 spiro atoms. The van der Waals surface area contributed by atoms with Crippen LogP contribution >= 0.6 is 0 Å². The van der Waals surface area contributed by atoms with Crippen LogP contribution in [0.2, 0.25) is 0 Å². The Hall–Kier alpha value is -3.99. The number of ketones is 1. The van der Waals surface area contributed by atoms with Gasteiger partial charge in [-0.05, 0) is 42.3 Å². The number of rotatable bonds is 6. The maximum absolute atomic E-state index is 13.1. The van der Waals surface area contributed by atoms with Crippen LogP contribution in [-0.4, -0.2) is 52.3 Å². The number of Topliss-reactive ketones (excluding diaryl/α,β-unsaturated/α-hetero) is 1. The topological polar surface area (TPSA) is 99.3 Å². The summed E-state index contributed by atoms with van der Waals surface area (Å²) in [5.74, 6) is 0.0169. The van der Waals surface area contributed by atoms with Gasteiger partial charge in [0.15, 0.2) is 5.78 Å². The molecule has 3 aromatic rings. The molecule has 0 unspecified atom stereocenters. The molecule has 1 saturated heterocycles. The number of hydrogen-bond donors (Lipinski definition) is 0. The Labute approximate surface area is 191 Å². The number of nitrogens with zero attached hydrogens (tertiary/aromatic N) is 5. The van der Waals surface area contributed by atoms with E-state index in [2.05, 4.69) is 16.0 Å². The van der Waals surface area contributed by atoms with Gasteiger partial charge in [-0.1, -0.05) is 12.1 Å². The molecule has 1 amide bonds. The minimum atomic E-state index is -0.240. The first kappa shape index (κ1) is 22.2. The minimum Gasteiger partial charge on any atom is -0.368 e. The van der Waals surface area contributed by atoms with Crippen molar-refractivity contribution in [2.45, 2.75) is 26.3 Å². The smallest absolute Gasteiger partial charge is 0.261 e. The third-order valence-corrected chi connectivity index (χ3v) is 6.02. The van der Waals surface area contributed by atoms with Crippen LogP contribution in [0.1, 0.15) is 24.5 Å². The molecule has 168 valence electrons. The van der Waals surface area contributed by atoms with Gasteiger partial charge in [-0.2, -0.15) is 5.26 Å². The molecule has 2 heterocycles. The lowest BCUT2D eigenvalue weighted by Gasteiger charge is -2.35. The summed E-state index contributed by atoms with van der Waals surface area (Å²) in [6.07, 6.45) is 2.28. The summed E-state index contributed by atoms with van der Waals surface area (Å²) >= 11 is 0. The van der Waals surface area contributed by atoms with E-state index in [1.165, 1.54) is 10.9 Å². The molecule has 1 aliphatic rings. The quantitative estimate of drug-likeness (QED) is 0.579. The maximum Gasteiger partial charge on any atom is 0.261 e. The predicted molar refractivity (Wildman–Crippen MR) is 125 cm³/mol. The van der Waals surface area contributed by atoms with E-state index in [-0.39, 0.29) is 23.8 Å². The summed E-state index contributed by atoms with van der Waals surface area (Å²) < 4.78 is 1.36. The number of anilines is 1. The SMILES string of the molecule is CC(=O)N1CCN(c2ccc3ncn(CC(=O)CCc4ccc(C#N)cc4)c(=O)c3c2)CC1. The van der Waals surface area contributed by atoms with Gasteiger partial charge in [-0.25, -0.2) is 4.98 Å². The molecule has 33 heavy (non-hydrogen) atoms. The van der Waals surface area contributed by atoms with Gasteiger partial charge >= 0.3 is 0 Å². The largest absolute Gasteiger partial charge is 0.368 e. The molecule has 2 aromatic carbocycles. The monoisotopic (exact) mass is 443 g/mol. The fourth-order valence-electron chi connectivity index (χ4n) is 4.03. The highest BCUT2D eigenvalue weighted by atomic mass is 16.2. The van der Waals surface area contributed by atoms with Gasteiger partial charge in [0.05, 0.1) is 35.4 Å².